The van der Waals surface area contributed by atoms with Gasteiger partial charge < -0.3 is 0 Å². The van der Waals surface area contributed by atoms with Gasteiger partial charge in [0.1, 0.15) is 0 Å². The first-order valence-corrected chi connectivity index (χ1v) is 6.86. The molecule has 96 valence electrons. The van der Waals surface area contributed by atoms with Crippen molar-refractivity contribution in [2.75, 3.05) is 4.90 Å². The predicted molar refractivity (Wildman–Crippen MR) is 71.7 cm³/mol. The summed E-state index contributed by atoms with van der Waals surface area (Å²) in [6, 6.07) is 6.94. The lowest BCUT2D eigenvalue weighted by molar-refractivity contribution is -0.123. The van der Waals surface area contributed by atoms with E-state index in [0.29, 0.717) is 10.7 Å². The maximum Gasteiger partial charge on any atom is 0.238 e. The van der Waals surface area contributed by atoms with E-state index in [-0.39, 0.29) is 35.5 Å². The highest BCUT2D eigenvalue weighted by molar-refractivity contribution is 6.31. The molecule has 4 rings (SSSR count). The van der Waals surface area contributed by atoms with E-state index < -0.39 is 0 Å². The average Bonchev–Trinajstić information content (AvgIpc) is 3.04. The monoisotopic (exact) mass is 273 g/mol. The van der Waals surface area contributed by atoms with E-state index in [0.717, 1.165) is 6.42 Å². The molecule has 0 unspecified atom stereocenters. The number of fused-ring (bicyclic) bond motifs is 5. The number of carbonyl (C=O) groups excluding carboxylic acids is 2. The van der Waals surface area contributed by atoms with Crippen LogP contribution in [0.4, 0.5) is 5.69 Å². The Labute approximate surface area is 115 Å². The van der Waals surface area contributed by atoms with Gasteiger partial charge in [-0.25, -0.2) is 4.90 Å². The zero-order chi connectivity index (χ0) is 13.1. The number of hydrogen-bond acceptors (Lipinski definition) is 2. The Balaban J connectivity index is 1.77. The molecule has 1 saturated carbocycles. The minimum atomic E-state index is -0.151. The summed E-state index contributed by atoms with van der Waals surface area (Å²) in [5.74, 6) is 0.0671. The van der Waals surface area contributed by atoms with Gasteiger partial charge >= 0.3 is 0 Å². The highest BCUT2D eigenvalue weighted by Gasteiger charge is 2.59. The Hall–Kier alpha value is -1.61. The summed E-state index contributed by atoms with van der Waals surface area (Å²) >= 11 is 5.95. The maximum absolute atomic E-state index is 12.5. The number of allylic oxidation sites excluding steroid dienone is 2. The number of nitrogens with zero attached hydrogens (tertiary/aromatic N) is 1. The second-order valence-corrected chi connectivity index (χ2v) is 5.93. The lowest BCUT2D eigenvalue weighted by Gasteiger charge is -2.17. The molecule has 1 saturated heterocycles. The summed E-state index contributed by atoms with van der Waals surface area (Å²) < 4.78 is 0. The van der Waals surface area contributed by atoms with E-state index in [9.17, 15) is 9.59 Å². The number of imide groups is 1. The molecule has 3 nitrogen and oxygen atoms in total. The fraction of sp³-hybridized carbons (Fsp3) is 0.333. The molecule has 3 aliphatic rings. The Bertz CT molecular complexity index is 594. The average molecular weight is 274 g/mol. The van der Waals surface area contributed by atoms with Crippen LogP contribution in [0.1, 0.15) is 6.42 Å². The SMILES string of the molecule is O=C1[C@H]2[C@H](C(=O)N1c1cccc(Cl)c1)[C@H]1C=C[C@H]2C1. The Kier molecular flexibility index (Phi) is 2.19. The largest absolute Gasteiger partial charge is 0.274 e. The number of carbonyl (C=O) groups is 2. The van der Waals surface area contributed by atoms with Gasteiger partial charge in [0.25, 0.3) is 0 Å². The number of benzene rings is 1. The third kappa shape index (κ3) is 1.39. The van der Waals surface area contributed by atoms with Crippen LogP contribution in [-0.2, 0) is 9.59 Å². The van der Waals surface area contributed by atoms with E-state index in [1.165, 1.54) is 4.90 Å². The van der Waals surface area contributed by atoms with Gasteiger partial charge in [0.15, 0.2) is 0 Å². The standard InChI is InChI=1S/C15H12ClNO2/c16-10-2-1-3-11(7-10)17-14(18)12-8-4-5-9(6-8)13(12)15(17)19/h1-5,7-9,12-13H,6H2/t8-,9-,12+,13+/m0/s1. The molecule has 0 N–H and O–H groups in total. The Morgan fingerprint density at radius 3 is 2.26 bits per heavy atom. The van der Waals surface area contributed by atoms with Crippen molar-refractivity contribution in [1.82, 2.24) is 0 Å². The topological polar surface area (TPSA) is 37.4 Å². The molecular weight excluding hydrogens is 262 g/mol. The van der Waals surface area contributed by atoms with Crippen molar-refractivity contribution < 1.29 is 9.59 Å². The maximum atomic E-state index is 12.5. The lowest BCUT2D eigenvalue weighted by Crippen LogP contribution is -2.32. The minimum absolute atomic E-state index is 0.0610. The van der Waals surface area contributed by atoms with Gasteiger partial charge in [-0.3, -0.25) is 9.59 Å². The molecule has 1 aromatic rings. The smallest absolute Gasteiger partial charge is 0.238 e. The zero-order valence-electron chi connectivity index (χ0n) is 10.1. The van der Waals surface area contributed by atoms with Gasteiger partial charge in [-0.15, -0.1) is 0 Å². The molecule has 2 aliphatic carbocycles. The summed E-state index contributed by atoms with van der Waals surface area (Å²) in [6.45, 7) is 0. The molecule has 0 radical (unpaired) electrons. The third-order valence-corrected chi connectivity index (χ3v) is 4.77. The van der Waals surface area contributed by atoms with E-state index in [2.05, 4.69) is 12.2 Å². The molecule has 1 aliphatic heterocycles. The summed E-state index contributed by atoms with van der Waals surface area (Å²) in [5, 5.41) is 0.538. The number of halogens is 1. The molecule has 4 heteroatoms. The van der Waals surface area contributed by atoms with E-state index in [1.54, 1.807) is 24.3 Å². The first kappa shape index (κ1) is 11.2. The molecule has 1 aromatic carbocycles. The van der Waals surface area contributed by atoms with Gasteiger partial charge in [0, 0.05) is 5.02 Å². The van der Waals surface area contributed by atoms with Crippen molar-refractivity contribution in [3.05, 3.63) is 41.4 Å². The van der Waals surface area contributed by atoms with Gasteiger partial charge in [0.2, 0.25) is 11.8 Å². The highest BCUT2D eigenvalue weighted by Crippen LogP contribution is 2.53. The van der Waals surface area contributed by atoms with Crippen molar-refractivity contribution >= 4 is 29.1 Å². The summed E-state index contributed by atoms with van der Waals surface area (Å²) in [7, 11) is 0. The van der Waals surface area contributed by atoms with E-state index >= 15 is 0 Å². The van der Waals surface area contributed by atoms with Gasteiger partial charge in [-0.2, -0.15) is 0 Å². The first-order valence-electron chi connectivity index (χ1n) is 6.48. The van der Waals surface area contributed by atoms with Crippen LogP contribution in [0, 0.1) is 23.7 Å². The molecule has 2 bridgehead atoms. The fourth-order valence-corrected chi connectivity index (χ4v) is 3.96. The van der Waals surface area contributed by atoms with Crippen LogP contribution >= 0.6 is 11.6 Å². The molecule has 0 spiro atoms. The molecule has 2 amide bonds. The van der Waals surface area contributed by atoms with Crippen LogP contribution in [0.5, 0.6) is 0 Å². The van der Waals surface area contributed by atoms with Crippen LogP contribution in [-0.4, -0.2) is 11.8 Å². The van der Waals surface area contributed by atoms with Crippen LogP contribution in [0.2, 0.25) is 5.02 Å². The van der Waals surface area contributed by atoms with E-state index in [4.69, 9.17) is 11.6 Å². The van der Waals surface area contributed by atoms with Crippen LogP contribution in [0.25, 0.3) is 0 Å². The number of amides is 2. The molecule has 19 heavy (non-hydrogen) atoms. The van der Waals surface area contributed by atoms with Crippen molar-refractivity contribution in [3.63, 3.8) is 0 Å². The number of hydrogen-bond donors (Lipinski definition) is 0. The summed E-state index contributed by atoms with van der Waals surface area (Å²) in [6.07, 6.45) is 5.15. The second-order valence-electron chi connectivity index (χ2n) is 5.49. The third-order valence-electron chi connectivity index (χ3n) is 4.54. The van der Waals surface area contributed by atoms with Crippen molar-refractivity contribution in [2.24, 2.45) is 23.7 Å². The molecule has 4 atom stereocenters. The molecule has 2 fully saturated rings. The zero-order valence-corrected chi connectivity index (χ0v) is 10.9. The van der Waals surface area contributed by atoms with Gasteiger partial charge in [-0.05, 0) is 36.5 Å². The van der Waals surface area contributed by atoms with Crippen molar-refractivity contribution in [2.45, 2.75) is 6.42 Å². The van der Waals surface area contributed by atoms with Gasteiger partial charge in [-0.1, -0.05) is 29.8 Å². The normalized spacial score (nSPS) is 35.3. The molecular formula is C15H12ClNO2. The quantitative estimate of drug-likeness (QED) is 0.583. The van der Waals surface area contributed by atoms with Crippen molar-refractivity contribution in [1.29, 1.82) is 0 Å². The second kappa shape index (κ2) is 3.70. The predicted octanol–water partition coefficient (Wildman–Crippen LogP) is 2.65. The van der Waals surface area contributed by atoms with E-state index in [1.807, 2.05) is 0 Å². The number of rotatable bonds is 1. The lowest BCUT2D eigenvalue weighted by atomic mass is 9.85. The molecule has 0 aromatic heterocycles. The summed E-state index contributed by atoms with van der Waals surface area (Å²) in [5.41, 5.74) is 0.594. The highest BCUT2D eigenvalue weighted by atomic mass is 35.5. The van der Waals surface area contributed by atoms with Crippen LogP contribution < -0.4 is 4.90 Å². The summed E-state index contributed by atoms with van der Waals surface area (Å²) in [4.78, 5) is 26.4. The van der Waals surface area contributed by atoms with Crippen LogP contribution in [0.15, 0.2) is 36.4 Å². The van der Waals surface area contributed by atoms with Gasteiger partial charge in [0.05, 0.1) is 17.5 Å². The molecule has 1 heterocycles. The first-order chi connectivity index (χ1) is 9.16. The Morgan fingerprint density at radius 2 is 1.68 bits per heavy atom. The Morgan fingerprint density at radius 1 is 1.05 bits per heavy atom. The van der Waals surface area contributed by atoms with Crippen LogP contribution in [0.3, 0.4) is 0 Å². The van der Waals surface area contributed by atoms with Crippen molar-refractivity contribution in [3.8, 4) is 0 Å². The fourth-order valence-electron chi connectivity index (χ4n) is 3.77. The minimum Gasteiger partial charge on any atom is -0.274 e. The number of anilines is 1.